The van der Waals surface area contributed by atoms with Crippen molar-refractivity contribution in [2.75, 3.05) is 42.9 Å². The third-order valence-electron chi connectivity index (χ3n) is 6.52. The van der Waals surface area contributed by atoms with Gasteiger partial charge in [-0.2, -0.15) is 4.37 Å². The van der Waals surface area contributed by atoms with Crippen LogP contribution in [0.25, 0.3) is 10.1 Å². The number of hydrogen-bond donors (Lipinski definition) is 1. The third-order valence-corrected chi connectivity index (χ3v) is 7.69. The van der Waals surface area contributed by atoms with Gasteiger partial charge in [0.1, 0.15) is 5.82 Å². The molecule has 31 heavy (non-hydrogen) atoms. The second-order valence-electron chi connectivity index (χ2n) is 9.18. The minimum Gasteiger partial charge on any atom is -0.353 e. The van der Waals surface area contributed by atoms with Crippen LogP contribution in [0.3, 0.4) is 0 Å². The molecule has 2 aliphatic heterocycles. The van der Waals surface area contributed by atoms with E-state index in [0.29, 0.717) is 6.42 Å². The second-order valence-corrected chi connectivity index (χ2v) is 10.4. The number of carbonyl (C=O) groups is 1. The highest BCUT2D eigenvalue weighted by molar-refractivity contribution is 7.13. The van der Waals surface area contributed by atoms with Crippen molar-refractivity contribution in [3.63, 3.8) is 0 Å². The Morgan fingerprint density at radius 2 is 1.94 bits per heavy atom. The molecule has 7 heteroatoms. The number of aromatic nitrogens is 1. The fourth-order valence-electron chi connectivity index (χ4n) is 4.73. The maximum Gasteiger partial charge on any atom is 0.225 e. The third kappa shape index (κ3) is 4.04. The molecule has 1 aromatic heterocycles. The molecule has 1 N–H and O–H groups in total. The Kier molecular flexibility index (Phi) is 5.40. The van der Waals surface area contributed by atoms with Gasteiger partial charge in [0.05, 0.1) is 4.70 Å². The van der Waals surface area contributed by atoms with Crippen molar-refractivity contribution in [3.05, 3.63) is 52.5 Å². The summed E-state index contributed by atoms with van der Waals surface area (Å²) in [6.45, 7) is 9.27. The molecule has 162 valence electrons. The van der Waals surface area contributed by atoms with Crippen LogP contribution in [0, 0.1) is 0 Å². The van der Waals surface area contributed by atoms with E-state index in [1.54, 1.807) is 11.5 Å². The van der Waals surface area contributed by atoms with Crippen LogP contribution in [0.5, 0.6) is 0 Å². The van der Waals surface area contributed by atoms with Gasteiger partial charge in [-0.3, -0.25) is 9.69 Å². The Hall–Kier alpha value is -2.15. The summed E-state index contributed by atoms with van der Waals surface area (Å²) in [6.07, 6.45) is 1.42. The minimum absolute atomic E-state index is 0.0621. The van der Waals surface area contributed by atoms with Crippen molar-refractivity contribution >= 4 is 50.6 Å². The average Bonchev–Trinajstić information content (AvgIpc) is 3.16. The quantitative estimate of drug-likeness (QED) is 0.607. The number of nitrogens with zero attached hydrogens (tertiary/aromatic N) is 3. The van der Waals surface area contributed by atoms with Gasteiger partial charge in [0.2, 0.25) is 5.91 Å². The molecule has 5 nitrogen and oxygen atoms in total. The monoisotopic (exact) mass is 454 g/mol. The summed E-state index contributed by atoms with van der Waals surface area (Å²) in [5, 5.41) is 4.98. The summed E-state index contributed by atoms with van der Waals surface area (Å²) in [6, 6.07) is 12.6. The van der Waals surface area contributed by atoms with Gasteiger partial charge in [-0.15, -0.1) is 0 Å². The van der Waals surface area contributed by atoms with Crippen LogP contribution in [0.2, 0.25) is 5.02 Å². The highest BCUT2D eigenvalue weighted by Gasteiger charge is 2.32. The first-order valence-corrected chi connectivity index (χ1v) is 12.0. The molecular formula is C24H27ClN4OS. The number of fused-ring (bicyclic) bond motifs is 2. The average molecular weight is 455 g/mol. The van der Waals surface area contributed by atoms with Gasteiger partial charge in [0.25, 0.3) is 0 Å². The second kappa shape index (κ2) is 8.08. The van der Waals surface area contributed by atoms with Crippen LogP contribution >= 0.6 is 23.1 Å². The van der Waals surface area contributed by atoms with Crippen molar-refractivity contribution in [3.8, 4) is 0 Å². The largest absolute Gasteiger partial charge is 0.353 e. The first-order chi connectivity index (χ1) is 14.9. The van der Waals surface area contributed by atoms with Gasteiger partial charge in [-0.05, 0) is 47.3 Å². The number of halogens is 1. The Bertz CT molecular complexity index is 1130. The molecule has 0 bridgehead atoms. The van der Waals surface area contributed by atoms with E-state index >= 15 is 0 Å². The number of nitrogens with one attached hydrogen (secondary N) is 1. The van der Waals surface area contributed by atoms with Crippen LogP contribution in [0.4, 0.5) is 11.5 Å². The smallest absolute Gasteiger partial charge is 0.225 e. The maximum absolute atomic E-state index is 12.0. The summed E-state index contributed by atoms with van der Waals surface area (Å²) >= 11 is 8.16. The van der Waals surface area contributed by atoms with E-state index in [-0.39, 0.29) is 11.3 Å². The fourth-order valence-corrected chi connectivity index (χ4v) is 5.78. The molecule has 0 radical (unpaired) electrons. The molecule has 2 aliphatic rings. The molecule has 0 unspecified atom stereocenters. The predicted octanol–water partition coefficient (Wildman–Crippen LogP) is 4.93. The lowest BCUT2D eigenvalue weighted by Gasteiger charge is -2.35. The standard InChI is InChI=1S/C24H27ClN4OS/c1-24(2)15-22(30)26-20-14-19(25)16(13-18(20)24)7-8-28-9-11-29(12-10-28)23-17-5-3-4-6-21(17)31-27-23/h3-6,13-14H,7-12,15H2,1-2H3,(H,26,30). The topological polar surface area (TPSA) is 48.5 Å². The van der Waals surface area contributed by atoms with Crippen molar-refractivity contribution in [1.82, 2.24) is 9.27 Å². The number of benzene rings is 2. The lowest BCUT2D eigenvalue weighted by molar-refractivity contribution is -0.117. The van der Waals surface area contributed by atoms with Gasteiger partial charge < -0.3 is 10.2 Å². The Morgan fingerprint density at radius 1 is 1.16 bits per heavy atom. The van der Waals surface area contributed by atoms with Crippen molar-refractivity contribution in [2.24, 2.45) is 0 Å². The molecule has 0 aliphatic carbocycles. The normalized spacial score (nSPS) is 18.8. The summed E-state index contributed by atoms with van der Waals surface area (Å²) in [7, 11) is 0. The Balaban J connectivity index is 1.23. The molecular weight excluding hydrogens is 428 g/mol. The zero-order valence-electron chi connectivity index (χ0n) is 17.9. The molecule has 1 amide bonds. The van der Waals surface area contributed by atoms with Gasteiger partial charge in [-0.1, -0.05) is 43.6 Å². The number of hydrogen-bond acceptors (Lipinski definition) is 5. The first kappa shape index (κ1) is 20.7. The molecule has 1 saturated heterocycles. The van der Waals surface area contributed by atoms with Gasteiger partial charge >= 0.3 is 0 Å². The summed E-state index contributed by atoms with van der Waals surface area (Å²) < 4.78 is 5.96. The Morgan fingerprint density at radius 3 is 2.74 bits per heavy atom. The predicted molar refractivity (Wildman–Crippen MR) is 130 cm³/mol. The zero-order valence-corrected chi connectivity index (χ0v) is 19.5. The highest BCUT2D eigenvalue weighted by atomic mass is 35.5. The molecule has 0 saturated carbocycles. The highest BCUT2D eigenvalue weighted by Crippen LogP contribution is 2.40. The van der Waals surface area contributed by atoms with Crippen molar-refractivity contribution < 1.29 is 4.79 Å². The van der Waals surface area contributed by atoms with E-state index in [4.69, 9.17) is 16.0 Å². The number of amides is 1. The fraction of sp³-hybridized carbons (Fsp3) is 0.417. The number of carbonyl (C=O) groups excluding carboxylic acids is 1. The van der Waals surface area contributed by atoms with E-state index in [2.05, 4.69) is 59.3 Å². The Labute approximate surface area is 192 Å². The van der Waals surface area contributed by atoms with E-state index < -0.39 is 0 Å². The van der Waals surface area contributed by atoms with E-state index in [1.165, 1.54) is 15.6 Å². The van der Waals surface area contributed by atoms with Crippen molar-refractivity contribution in [1.29, 1.82) is 0 Å². The maximum atomic E-state index is 12.0. The molecule has 2 aromatic carbocycles. The van der Waals surface area contributed by atoms with E-state index in [1.807, 2.05) is 6.07 Å². The molecule has 3 heterocycles. The molecule has 1 fully saturated rings. The lowest BCUT2D eigenvalue weighted by atomic mass is 9.77. The summed E-state index contributed by atoms with van der Waals surface area (Å²) in [4.78, 5) is 16.9. The minimum atomic E-state index is -0.168. The molecule has 5 rings (SSSR count). The summed E-state index contributed by atoms with van der Waals surface area (Å²) in [5.74, 6) is 1.19. The van der Waals surface area contributed by atoms with Crippen LogP contribution in [0.15, 0.2) is 36.4 Å². The molecule has 0 atom stereocenters. The van der Waals surface area contributed by atoms with Crippen LogP contribution in [-0.2, 0) is 16.6 Å². The number of anilines is 2. The molecule has 0 spiro atoms. The number of rotatable bonds is 4. The van der Waals surface area contributed by atoms with Gasteiger partial charge in [-0.25, -0.2) is 0 Å². The zero-order chi connectivity index (χ0) is 21.6. The SMILES string of the molecule is CC1(C)CC(=O)Nc2cc(Cl)c(CCN3CCN(c4nsc5ccccc45)CC3)cc21. The van der Waals surface area contributed by atoms with Crippen LogP contribution in [0.1, 0.15) is 31.4 Å². The van der Waals surface area contributed by atoms with Gasteiger partial charge in [0.15, 0.2) is 0 Å². The van der Waals surface area contributed by atoms with E-state index in [9.17, 15) is 4.79 Å². The van der Waals surface area contributed by atoms with Crippen LogP contribution < -0.4 is 10.2 Å². The van der Waals surface area contributed by atoms with Crippen LogP contribution in [-0.4, -0.2) is 47.9 Å². The van der Waals surface area contributed by atoms with E-state index in [0.717, 1.165) is 61.2 Å². The lowest BCUT2D eigenvalue weighted by Crippen LogP contribution is -2.47. The van der Waals surface area contributed by atoms with Gasteiger partial charge in [0, 0.05) is 60.7 Å². The van der Waals surface area contributed by atoms with Crippen molar-refractivity contribution in [2.45, 2.75) is 32.1 Å². The first-order valence-electron chi connectivity index (χ1n) is 10.9. The summed E-state index contributed by atoms with van der Waals surface area (Å²) in [5.41, 5.74) is 3.04. The number of piperazine rings is 1. The molecule has 3 aromatic rings.